The van der Waals surface area contributed by atoms with Gasteiger partial charge in [0.15, 0.2) is 11.6 Å². The molecular formula is C10H12F3NO. The second kappa shape index (κ2) is 4.63. The fourth-order valence-electron chi connectivity index (χ4n) is 1.28. The predicted octanol–water partition coefficient (Wildman–Crippen LogP) is 1.87. The molecule has 0 aliphatic rings. The van der Waals surface area contributed by atoms with Crippen LogP contribution >= 0.6 is 0 Å². The maximum atomic E-state index is 13.2. The van der Waals surface area contributed by atoms with Gasteiger partial charge in [0.25, 0.3) is 0 Å². The van der Waals surface area contributed by atoms with Crippen LogP contribution in [0.25, 0.3) is 0 Å². The fourth-order valence-corrected chi connectivity index (χ4v) is 1.28. The van der Waals surface area contributed by atoms with E-state index in [1.807, 2.05) is 0 Å². The Hall–Kier alpha value is -1.07. The number of hydrogen-bond donors (Lipinski definition) is 2. The van der Waals surface area contributed by atoms with Crippen LogP contribution < -0.4 is 5.73 Å². The number of aliphatic hydroxyl groups excluding tert-OH is 1. The zero-order valence-corrected chi connectivity index (χ0v) is 8.17. The third-order valence-electron chi connectivity index (χ3n) is 2.21. The van der Waals surface area contributed by atoms with E-state index in [1.165, 1.54) is 0 Å². The highest BCUT2D eigenvalue weighted by Crippen LogP contribution is 2.22. The van der Waals surface area contributed by atoms with Gasteiger partial charge in [0.05, 0.1) is 12.1 Å². The lowest BCUT2D eigenvalue weighted by Crippen LogP contribution is -2.26. The summed E-state index contributed by atoms with van der Waals surface area (Å²) in [6.45, 7) is 1.64. The maximum absolute atomic E-state index is 13.2. The largest absolute Gasteiger partial charge is 0.391 e. The molecule has 0 heterocycles. The summed E-state index contributed by atoms with van der Waals surface area (Å²) in [5.41, 5.74) is 5.12. The molecule has 5 heteroatoms. The Morgan fingerprint density at radius 1 is 1.33 bits per heavy atom. The number of halogens is 3. The van der Waals surface area contributed by atoms with E-state index < -0.39 is 29.6 Å². The highest BCUT2D eigenvalue weighted by molar-refractivity contribution is 5.24. The molecule has 0 saturated carbocycles. The van der Waals surface area contributed by atoms with Crippen LogP contribution in [0.2, 0.25) is 0 Å². The highest BCUT2D eigenvalue weighted by atomic mass is 19.2. The Morgan fingerprint density at radius 2 is 1.93 bits per heavy atom. The van der Waals surface area contributed by atoms with E-state index in [4.69, 9.17) is 5.73 Å². The summed E-state index contributed by atoms with van der Waals surface area (Å²) in [5.74, 6) is -3.43. The topological polar surface area (TPSA) is 46.2 Å². The van der Waals surface area contributed by atoms with Crippen molar-refractivity contribution in [2.75, 3.05) is 0 Å². The molecule has 0 bridgehead atoms. The van der Waals surface area contributed by atoms with Gasteiger partial charge in [0.1, 0.15) is 5.82 Å². The van der Waals surface area contributed by atoms with Crippen LogP contribution in [-0.4, -0.2) is 11.2 Å². The van der Waals surface area contributed by atoms with Crippen molar-refractivity contribution in [3.05, 3.63) is 35.1 Å². The molecule has 1 rings (SSSR count). The van der Waals surface area contributed by atoms with Crippen molar-refractivity contribution in [2.45, 2.75) is 25.5 Å². The number of nitrogens with two attached hydrogens (primary N) is 1. The Labute approximate surface area is 85.5 Å². The zero-order chi connectivity index (χ0) is 11.6. The average molecular weight is 219 g/mol. The molecule has 3 N–H and O–H groups in total. The summed E-state index contributed by atoms with van der Waals surface area (Å²) in [6.07, 6.45) is -0.751. The average Bonchev–Trinajstić information content (AvgIpc) is 2.21. The van der Waals surface area contributed by atoms with Gasteiger partial charge >= 0.3 is 0 Å². The summed E-state index contributed by atoms with van der Waals surface area (Å²) < 4.78 is 38.8. The van der Waals surface area contributed by atoms with Gasteiger partial charge in [0.2, 0.25) is 0 Å². The third-order valence-corrected chi connectivity index (χ3v) is 2.21. The van der Waals surface area contributed by atoms with Gasteiger partial charge in [-0.15, -0.1) is 0 Å². The number of hydrogen-bond acceptors (Lipinski definition) is 2. The zero-order valence-electron chi connectivity index (χ0n) is 8.17. The Bertz CT molecular complexity index is 357. The lowest BCUT2D eigenvalue weighted by atomic mass is 10.00. The Kier molecular flexibility index (Phi) is 3.71. The molecule has 0 radical (unpaired) electrons. The molecule has 0 fully saturated rings. The van der Waals surface area contributed by atoms with Gasteiger partial charge in [-0.3, -0.25) is 0 Å². The molecule has 0 aliphatic heterocycles. The van der Waals surface area contributed by atoms with Crippen molar-refractivity contribution in [2.24, 2.45) is 5.73 Å². The van der Waals surface area contributed by atoms with E-state index in [2.05, 4.69) is 0 Å². The van der Waals surface area contributed by atoms with Gasteiger partial charge in [0, 0.05) is 11.6 Å². The first kappa shape index (κ1) is 12.0. The molecule has 2 nitrogen and oxygen atoms in total. The van der Waals surface area contributed by atoms with Crippen molar-refractivity contribution >= 4 is 0 Å². The molecule has 0 aromatic heterocycles. The minimum Gasteiger partial charge on any atom is -0.391 e. The number of benzene rings is 1. The van der Waals surface area contributed by atoms with Gasteiger partial charge < -0.3 is 10.8 Å². The SMILES string of the molecule is CC[C@@H](O)[C@@H](N)c1cc(F)cc(F)c1F. The van der Waals surface area contributed by atoms with Crippen LogP contribution in [0, 0.1) is 17.5 Å². The molecule has 2 atom stereocenters. The van der Waals surface area contributed by atoms with Crippen molar-refractivity contribution in [3.8, 4) is 0 Å². The normalized spacial score (nSPS) is 15.1. The van der Waals surface area contributed by atoms with E-state index in [-0.39, 0.29) is 12.0 Å². The quantitative estimate of drug-likeness (QED) is 0.762. The smallest absolute Gasteiger partial charge is 0.163 e. The summed E-state index contributed by atoms with van der Waals surface area (Å²) in [6, 6.07) is 0.103. The van der Waals surface area contributed by atoms with Crippen molar-refractivity contribution in [3.63, 3.8) is 0 Å². The summed E-state index contributed by atoms with van der Waals surface area (Å²) in [7, 11) is 0. The van der Waals surface area contributed by atoms with Crippen LogP contribution in [0.15, 0.2) is 12.1 Å². The second-order valence-electron chi connectivity index (χ2n) is 3.29. The van der Waals surface area contributed by atoms with Gasteiger partial charge in [-0.2, -0.15) is 0 Å². The van der Waals surface area contributed by atoms with Gasteiger partial charge in [-0.1, -0.05) is 6.92 Å². The van der Waals surface area contributed by atoms with E-state index >= 15 is 0 Å². The first-order valence-electron chi connectivity index (χ1n) is 4.55. The molecule has 0 amide bonds. The molecule has 0 saturated heterocycles. The molecule has 15 heavy (non-hydrogen) atoms. The molecule has 0 spiro atoms. The van der Waals surface area contributed by atoms with Crippen LogP contribution in [0.1, 0.15) is 24.9 Å². The van der Waals surface area contributed by atoms with Gasteiger partial charge in [-0.25, -0.2) is 13.2 Å². The minimum atomic E-state index is -1.30. The lowest BCUT2D eigenvalue weighted by Gasteiger charge is -2.18. The summed E-state index contributed by atoms with van der Waals surface area (Å²) in [4.78, 5) is 0. The van der Waals surface area contributed by atoms with Crippen molar-refractivity contribution in [1.82, 2.24) is 0 Å². The van der Waals surface area contributed by atoms with Crippen LogP contribution in [0.5, 0.6) is 0 Å². The molecule has 0 unspecified atom stereocenters. The molecule has 0 aliphatic carbocycles. The van der Waals surface area contributed by atoms with Crippen molar-refractivity contribution < 1.29 is 18.3 Å². The lowest BCUT2D eigenvalue weighted by molar-refractivity contribution is 0.138. The first-order chi connectivity index (χ1) is 6.97. The van der Waals surface area contributed by atoms with E-state index in [0.29, 0.717) is 6.07 Å². The third kappa shape index (κ3) is 2.49. The second-order valence-corrected chi connectivity index (χ2v) is 3.29. The molecule has 1 aromatic rings. The minimum absolute atomic E-state index is 0.277. The number of aliphatic hydroxyl groups is 1. The molecule has 1 aromatic carbocycles. The summed E-state index contributed by atoms with van der Waals surface area (Å²) in [5, 5.41) is 9.35. The van der Waals surface area contributed by atoms with Gasteiger partial charge in [-0.05, 0) is 12.5 Å². The fraction of sp³-hybridized carbons (Fsp3) is 0.400. The maximum Gasteiger partial charge on any atom is 0.163 e. The van der Waals surface area contributed by atoms with E-state index in [0.717, 1.165) is 6.07 Å². The van der Waals surface area contributed by atoms with Crippen LogP contribution in [0.3, 0.4) is 0 Å². The van der Waals surface area contributed by atoms with E-state index in [9.17, 15) is 18.3 Å². The number of rotatable bonds is 3. The molecular weight excluding hydrogens is 207 g/mol. The van der Waals surface area contributed by atoms with E-state index in [1.54, 1.807) is 6.92 Å². The van der Waals surface area contributed by atoms with Crippen LogP contribution in [-0.2, 0) is 0 Å². The van der Waals surface area contributed by atoms with Crippen molar-refractivity contribution in [1.29, 1.82) is 0 Å². The Morgan fingerprint density at radius 3 is 2.47 bits per heavy atom. The first-order valence-corrected chi connectivity index (χ1v) is 4.55. The predicted molar refractivity (Wildman–Crippen MR) is 49.5 cm³/mol. The Balaban J connectivity index is 3.13. The standard InChI is InChI=1S/C10H12F3NO/c1-2-8(15)10(14)6-3-5(11)4-7(12)9(6)13/h3-4,8,10,15H,2,14H2,1H3/t8-,10+/m1/s1. The summed E-state index contributed by atoms with van der Waals surface area (Å²) >= 11 is 0. The molecule has 84 valence electrons. The van der Waals surface area contributed by atoms with Crippen LogP contribution in [0.4, 0.5) is 13.2 Å². The monoisotopic (exact) mass is 219 g/mol. The highest BCUT2D eigenvalue weighted by Gasteiger charge is 2.21.